The number of hydrogen-bond donors (Lipinski definition) is 1. The molecule has 1 atom stereocenters. The summed E-state index contributed by atoms with van der Waals surface area (Å²) in [4.78, 5) is 21.8. The molecule has 0 fully saturated rings. The van der Waals surface area contributed by atoms with Crippen molar-refractivity contribution in [3.63, 3.8) is 0 Å². The van der Waals surface area contributed by atoms with E-state index in [2.05, 4.69) is 9.84 Å². The number of phosphoric acid groups is 1. The van der Waals surface area contributed by atoms with Crippen LogP contribution in [0.25, 0.3) is 0 Å². The first-order valence-electron chi connectivity index (χ1n) is 6.82. The summed E-state index contributed by atoms with van der Waals surface area (Å²) in [7, 11) is -4.10. The molecule has 7 heteroatoms. The molecule has 1 amide bonds. The van der Waals surface area contributed by atoms with Crippen LogP contribution < -0.4 is 10.2 Å². The van der Waals surface area contributed by atoms with Gasteiger partial charge in [-0.1, -0.05) is 26.2 Å². The van der Waals surface area contributed by atoms with Gasteiger partial charge in [-0.3, -0.25) is 9.36 Å². The molecule has 19 heavy (non-hydrogen) atoms. The fraction of sp³-hybridized carbons (Fsp3) is 0.917. The average molecular weight is 294 g/mol. The topological polar surface area (TPSA) is 87.7 Å². The van der Waals surface area contributed by atoms with E-state index in [-0.39, 0.29) is 19.1 Å². The molecule has 0 aromatic rings. The van der Waals surface area contributed by atoms with Crippen LogP contribution in [0.4, 0.5) is 0 Å². The van der Waals surface area contributed by atoms with Crippen LogP contribution in [0.2, 0.25) is 0 Å². The lowest BCUT2D eigenvalue weighted by Crippen LogP contribution is -2.20. The van der Waals surface area contributed by atoms with E-state index < -0.39 is 7.82 Å². The molecule has 0 aromatic heterocycles. The zero-order valence-corrected chi connectivity index (χ0v) is 12.7. The molecule has 114 valence electrons. The minimum absolute atomic E-state index is 0.0279. The molecule has 0 aromatic carbocycles. The van der Waals surface area contributed by atoms with Crippen molar-refractivity contribution in [2.45, 2.75) is 52.4 Å². The lowest BCUT2D eigenvalue weighted by atomic mass is 10.2. The zero-order valence-electron chi connectivity index (χ0n) is 11.9. The van der Waals surface area contributed by atoms with Gasteiger partial charge in [0.25, 0.3) is 7.82 Å². The summed E-state index contributed by atoms with van der Waals surface area (Å²) in [6.07, 6.45) is 4.95. The number of unbranched alkanes of at least 4 members (excludes halogenated alkanes) is 4. The molecular formula is C12H25NO5P-. The van der Waals surface area contributed by atoms with Crippen molar-refractivity contribution in [2.24, 2.45) is 0 Å². The van der Waals surface area contributed by atoms with E-state index in [1.807, 2.05) is 6.92 Å². The van der Waals surface area contributed by atoms with Crippen molar-refractivity contribution in [1.29, 1.82) is 0 Å². The highest BCUT2D eigenvalue weighted by Gasteiger charge is 2.07. The van der Waals surface area contributed by atoms with Gasteiger partial charge < -0.3 is 19.3 Å². The van der Waals surface area contributed by atoms with E-state index in [0.29, 0.717) is 19.4 Å². The number of phosphoric ester groups is 1. The van der Waals surface area contributed by atoms with Gasteiger partial charge in [0.15, 0.2) is 0 Å². The smallest absolute Gasteiger partial charge is 0.267 e. The lowest BCUT2D eigenvalue weighted by Gasteiger charge is -2.22. The summed E-state index contributed by atoms with van der Waals surface area (Å²) in [5.74, 6) is -0.0279. The summed E-state index contributed by atoms with van der Waals surface area (Å²) in [5, 5.41) is 2.70. The van der Waals surface area contributed by atoms with Crippen molar-refractivity contribution in [2.75, 3.05) is 19.8 Å². The van der Waals surface area contributed by atoms with E-state index in [4.69, 9.17) is 4.52 Å². The van der Waals surface area contributed by atoms with Gasteiger partial charge in [0, 0.05) is 13.5 Å². The maximum atomic E-state index is 11.3. The fourth-order valence-electron chi connectivity index (χ4n) is 1.38. The van der Waals surface area contributed by atoms with Crippen molar-refractivity contribution in [3.05, 3.63) is 0 Å². The standard InChI is InChI=1S/C12H26NO5P/c1-3-4-10-17-19(15,16)18-11-8-6-5-7-9-13-12(2)14/h3-11H2,1-2H3,(H,13,14)(H,15,16)/p-1. The Balaban J connectivity index is 3.37. The largest absolute Gasteiger partial charge is 0.756 e. The maximum Gasteiger partial charge on any atom is 0.267 e. The summed E-state index contributed by atoms with van der Waals surface area (Å²) >= 11 is 0. The van der Waals surface area contributed by atoms with Crippen LogP contribution in [0.15, 0.2) is 0 Å². The molecule has 0 bridgehead atoms. The first-order chi connectivity index (χ1) is 8.98. The Morgan fingerprint density at radius 2 is 1.68 bits per heavy atom. The predicted molar refractivity (Wildman–Crippen MR) is 71.6 cm³/mol. The minimum atomic E-state index is -4.10. The van der Waals surface area contributed by atoms with Crippen LogP contribution in [0.5, 0.6) is 0 Å². The SMILES string of the molecule is CCCCOP(=O)([O-])OCCCCCCNC(C)=O. The first kappa shape index (κ1) is 18.6. The van der Waals surface area contributed by atoms with Crippen molar-refractivity contribution in [3.8, 4) is 0 Å². The molecule has 0 aliphatic heterocycles. The molecule has 0 aliphatic rings. The molecular weight excluding hydrogens is 269 g/mol. The minimum Gasteiger partial charge on any atom is -0.756 e. The van der Waals surface area contributed by atoms with Gasteiger partial charge in [0.2, 0.25) is 5.91 Å². The van der Waals surface area contributed by atoms with Crippen LogP contribution in [0.3, 0.4) is 0 Å². The normalized spacial score (nSPS) is 14.1. The number of carbonyl (C=O) groups is 1. The number of amides is 1. The van der Waals surface area contributed by atoms with Gasteiger partial charge >= 0.3 is 0 Å². The van der Waals surface area contributed by atoms with E-state index in [0.717, 1.165) is 25.7 Å². The van der Waals surface area contributed by atoms with Gasteiger partial charge in [-0.05, 0) is 19.3 Å². The average Bonchev–Trinajstić information content (AvgIpc) is 2.32. The summed E-state index contributed by atoms with van der Waals surface area (Å²) < 4.78 is 20.7. The van der Waals surface area contributed by atoms with Crippen molar-refractivity contribution >= 4 is 13.7 Å². The van der Waals surface area contributed by atoms with E-state index in [9.17, 15) is 14.3 Å². The van der Waals surface area contributed by atoms with Gasteiger partial charge in [-0.25, -0.2) is 0 Å². The van der Waals surface area contributed by atoms with Gasteiger partial charge in [-0.2, -0.15) is 0 Å². The lowest BCUT2D eigenvalue weighted by molar-refractivity contribution is -0.225. The number of rotatable bonds is 12. The first-order valence-corrected chi connectivity index (χ1v) is 8.28. The second kappa shape index (κ2) is 11.4. The predicted octanol–water partition coefficient (Wildman–Crippen LogP) is 1.98. The molecule has 0 aliphatic carbocycles. The third kappa shape index (κ3) is 13.8. The Morgan fingerprint density at radius 3 is 2.26 bits per heavy atom. The molecule has 6 nitrogen and oxygen atoms in total. The van der Waals surface area contributed by atoms with E-state index >= 15 is 0 Å². The van der Waals surface area contributed by atoms with Crippen molar-refractivity contribution < 1.29 is 23.3 Å². The number of nitrogens with one attached hydrogen (secondary N) is 1. The van der Waals surface area contributed by atoms with Gasteiger partial charge in [-0.15, -0.1) is 0 Å². The Bertz CT molecular complexity index is 285. The zero-order chi connectivity index (χ0) is 14.6. The van der Waals surface area contributed by atoms with E-state index in [1.165, 1.54) is 6.92 Å². The summed E-state index contributed by atoms with van der Waals surface area (Å²) in [5.41, 5.74) is 0. The highest BCUT2D eigenvalue weighted by atomic mass is 31.2. The quantitative estimate of drug-likeness (QED) is 0.439. The van der Waals surface area contributed by atoms with E-state index in [1.54, 1.807) is 0 Å². The molecule has 0 spiro atoms. The number of carbonyl (C=O) groups excluding carboxylic acids is 1. The van der Waals surface area contributed by atoms with Crippen LogP contribution >= 0.6 is 7.82 Å². The molecule has 0 rings (SSSR count). The number of hydrogen-bond acceptors (Lipinski definition) is 5. The maximum absolute atomic E-state index is 11.3. The second-order valence-corrected chi connectivity index (χ2v) is 5.78. The van der Waals surface area contributed by atoms with Crippen LogP contribution in [-0.2, 0) is 18.4 Å². The molecule has 0 radical (unpaired) electrons. The molecule has 1 N–H and O–H groups in total. The Kier molecular flexibility index (Phi) is 11.2. The van der Waals surface area contributed by atoms with Gasteiger partial charge in [0.1, 0.15) is 0 Å². The van der Waals surface area contributed by atoms with Crippen LogP contribution in [-0.4, -0.2) is 25.7 Å². The summed E-state index contributed by atoms with van der Waals surface area (Å²) in [6.45, 7) is 4.45. The Morgan fingerprint density at radius 1 is 1.11 bits per heavy atom. The molecule has 0 saturated carbocycles. The van der Waals surface area contributed by atoms with Crippen molar-refractivity contribution in [1.82, 2.24) is 5.32 Å². The summed E-state index contributed by atoms with van der Waals surface area (Å²) in [6, 6.07) is 0. The monoisotopic (exact) mass is 294 g/mol. The molecule has 1 unspecified atom stereocenters. The third-order valence-electron chi connectivity index (χ3n) is 2.44. The van der Waals surface area contributed by atoms with Crippen LogP contribution in [0, 0.1) is 0 Å². The van der Waals surface area contributed by atoms with Crippen LogP contribution in [0.1, 0.15) is 52.4 Å². The van der Waals surface area contributed by atoms with Gasteiger partial charge in [0.05, 0.1) is 13.2 Å². The highest BCUT2D eigenvalue weighted by Crippen LogP contribution is 2.38. The Labute approximate surface area is 115 Å². The fourth-order valence-corrected chi connectivity index (χ4v) is 2.16. The highest BCUT2D eigenvalue weighted by molar-refractivity contribution is 7.45. The second-order valence-electron chi connectivity index (χ2n) is 4.36. The molecule has 0 saturated heterocycles. The molecule has 0 heterocycles. The third-order valence-corrected chi connectivity index (χ3v) is 3.44. The Hall–Kier alpha value is -0.420.